The number of hydrogen-bond donors (Lipinski definition) is 0. The average molecular weight is 463 g/mol. The summed E-state index contributed by atoms with van der Waals surface area (Å²) >= 11 is 1.26. The Morgan fingerprint density at radius 2 is 2.00 bits per heavy atom. The zero-order valence-electron chi connectivity index (χ0n) is 18.0. The van der Waals surface area contributed by atoms with E-state index in [0.29, 0.717) is 16.9 Å². The van der Waals surface area contributed by atoms with Crippen LogP contribution in [0.3, 0.4) is 0 Å². The van der Waals surface area contributed by atoms with Crippen molar-refractivity contribution in [1.82, 2.24) is 4.98 Å². The molecular weight excluding hydrogens is 436 g/mol. The second kappa shape index (κ2) is 7.48. The molecule has 9 heteroatoms. The van der Waals surface area contributed by atoms with Crippen molar-refractivity contribution in [1.29, 1.82) is 0 Å². The number of thiazole rings is 1. The number of oxime groups is 1. The number of nitrogens with zero attached hydrogens (tertiary/aromatic N) is 2. The number of hydrogen-bond acceptors (Lipinski definition) is 8. The quantitative estimate of drug-likeness (QED) is 0.475. The Morgan fingerprint density at radius 1 is 1.29 bits per heavy atom. The van der Waals surface area contributed by atoms with Gasteiger partial charge in [0.1, 0.15) is 10.8 Å². The van der Waals surface area contributed by atoms with E-state index in [0.717, 1.165) is 17.5 Å². The second-order valence-electron chi connectivity index (χ2n) is 9.79. The van der Waals surface area contributed by atoms with E-state index < -0.39 is 20.9 Å². The highest BCUT2D eigenvalue weighted by Gasteiger charge is 2.57. The number of para-hydroxylation sites is 1. The molecule has 2 aliphatic carbocycles. The lowest BCUT2D eigenvalue weighted by molar-refractivity contribution is -0.122. The number of benzene rings is 1. The molecule has 2 bridgehead atoms. The lowest BCUT2D eigenvalue weighted by atomic mass is 9.82. The summed E-state index contributed by atoms with van der Waals surface area (Å²) in [4.78, 5) is 29.7. The van der Waals surface area contributed by atoms with Crippen molar-refractivity contribution >= 4 is 48.9 Å². The van der Waals surface area contributed by atoms with Crippen LogP contribution in [0.4, 0.5) is 0 Å². The molecule has 1 aromatic heterocycles. The predicted octanol–water partition coefficient (Wildman–Crippen LogP) is 3.97. The molecule has 0 spiro atoms. The fourth-order valence-corrected chi connectivity index (χ4v) is 7.17. The van der Waals surface area contributed by atoms with Gasteiger partial charge in [0, 0.05) is 17.8 Å². The third kappa shape index (κ3) is 4.05. The Morgan fingerprint density at radius 3 is 2.58 bits per heavy atom. The standard InChI is InChI=1S/C22H26N2O5S2/c1-21(2,3)19(26)18(20-23-15-7-5-6-8-17(15)30-20)24-29-31(27,28)12-22(4)13-9-10-14(22)16(25)11-13/h5-8,13-14H,9-12H2,1-4H3/b24-18+. The SMILES string of the molecule is CC(C)(C)C(=O)/C(=N\OS(=O)(=O)CC1(C)C2CCC1C(=O)C2)c1nc2ccccc2s1. The molecule has 3 atom stereocenters. The van der Waals surface area contributed by atoms with Gasteiger partial charge >= 0.3 is 10.1 Å². The van der Waals surface area contributed by atoms with E-state index >= 15 is 0 Å². The van der Waals surface area contributed by atoms with Gasteiger partial charge < -0.3 is 0 Å². The van der Waals surface area contributed by atoms with Crippen molar-refractivity contribution in [2.45, 2.75) is 47.0 Å². The Bertz CT molecular complexity index is 1160. The molecule has 1 aromatic carbocycles. The molecule has 7 nitrogen and oxygen atoms in total. The van der Waals surface area contributed by atoms with E-state index in [9.17, 15) is 18.0 Å². The summed E-state index contributed by atoms with van der Waals surface area (Å²) in [5.74, 6) is -0.715. The topological polar surface area (TPSA) is 103 Å². The van der Waals surface area contributed by atoms with Crippen molar-refractivity contribution in [2.24, 2.45) is 27.8 Å². The fraction of sp³-hybridized carbons (Fsp3) is 0.545. The fourth-order valence-electron chi connectivity index (χ4n) is 4.79. The highest BCUT2D eigenvalue weighted by atomic mass is 32.2. The molecule has 0 saturated heterocycles. The molecular formula is C22H26N2O5S2. The summed E-state index contributed by atoms with van der Waals surface area (Å²) in [6.45, 7) is 7.04. The summed E-state index contributed by atoms with van der Waals surface area (Å²) in [6, 6.07) is 7.40. The maximum Gasteiger partial charge on any atom is 0.329 e. The molecule has 0 aliphatic heterocycles. The third-order valence-electron chi connectivity index (χ3n) is 6.49. The van der Waals surface area contributed by atoms with Crippen LogP contribution in [0.5, 0.6) is 0 Å². The normalized spacial score (nSPS) is 26.6. The molecule has 2 aliphatic rings. The molecule has 166 valence electrons. The van der Waals surface area contributed by atoms with Gasteiger partial charge in [0.2, 0.25) is 0 Å². The molecule has 3 unspecified atom stereocenters. The van der Waals surface area contributed by atoms with Crippen LogP contribution in [-0.4, -0.2) is 36.4 Å². The maximum atomic E-state index is 13.0. The molecule has 0 N–H and O–H groups in total. The number of ketones is 2. The van der Waals surface area contributed by atoms with Gasteiger partial charge in [-0.25, -0.2) is 4.98 Å². The zero-order chi connectivity index (χ0) is 22.6. The van der Waals surface area contributed by atoms with Crippen molar-refractivity contribution in [3.63, 3.8) is 0 Å². The second-order valence-corrected chi connectivity index (χ2v) is 12.4. The summed E-state index contributed by atoms with van der Waals surface area (Å²) in [7, 11) is -4.10. The minimum absolute atomic E-state index is 0.0484. The Labute approximate surface area is 186 Å². The first-order chi connectivity index (χ1) is 14.4. The lowest BCUT2D eigenvalue weighted by Crippen LogP contribution is -2.34. The minimum Gasteiger partial charge on any atom is -0.299 e. The highest BCUT2D eigenvalue weighted by molar-refractivity contribution is 7.86. The molecule has 0 amide bonds. The smallest absolute Gasteiger partial charge is 0.299 e. The van der Waals surface area contributed by atoms with Crippen molar-refractivity contribution < 1.29 is 22.3 Å². The van der Waals surface area contributed by atoms with E-state index in [-0.39, 0.29) is 34.9 Å². The highest BCUT2D eigenvalue weighted by Crippen LogP contribution is 2.56. The van der Waals surface area contributed by atoms with Gasteiger partial charge in [-0.3, -0.25) is 13.9 Å². The van der Waals surface area contributed by atoms with Crippen LogP contribution in [0.15, 0.2) is 29.4 Å². The van der Waals surface area contributed by atoms with Gasteiger partial charge in [0.15, 0.2) is 11.5 Å². The van der Waals surface area contributed by atoms with Gasteiger partial charge in [-0.15, -0.1) is 11.3 Å². The maximum absolute atomic E-state index is 13.0. The van der Waals surface area contributed by atoms with E-state index in [1.807, 2.05) is 31.2 Å². The van der Waals surface area contributed by atoms with Gasteiger partial charge in [0.05, 0.1) is 16.0 Å². The summed E-state index contributed by atoms with van der Waals surface area (Å²) in [5, 5.41) is 4.15. The number of Topliss-reactive ketones (excluding diaryl/α,β-unsaturated/α-hetero) is 2. The molecule has 2 fully saturated rings. The summed E-state index contributed by atoms with van der Waals surface area (Å²) in [6.07, 6.45) is 2.00. The van der Waals surface area contributed by atoms with E-state index in [4.69, 9.17) is 4.28 Å². The number of carbonyl (C=O) groups is 2. The van der Waals surface area contributed by atoms with E-state index in [1.165, 1.54) is 11.3 Å². The van der Waals surface area contributed by atoms with Gasteiger partial charge in [-0.2, -0.15) is 8.42 Å². The van der Waals surface area contributed by atoms with Crippen molar-refractivity contribution in [3.05, 3.63) is 29.3 Å². The Kier molecular flexibility index (Phi) is 5.33. The number of rotatable bonds is 6. The van der Waals surface area contributed by atoms with Gasteiger partial charge in [-0.1, -0.05) is 45.0 Å². The Balaban J connectivity index is 1.65. The summed E-state index contributed by atoms with van der Waals surface area (Å²) < 4.78 is 31.6. The monoisotopic (exact) mass is 462 g/mol. The van der Waals surface area contributed by atoms with Crippen LogP contribution in [0.1, 0.15) is 52.0 Å². The Hall–Kier alpha value is -2.13. The number of fused-ring (bicyclic) bond motifs is 3. The van der Waals surface area contributed by atoms with E-state index in [1.54, 1.807) is 20.8 Å². The lowest BCUT2D eigenvalue weighted by Gasteiger charge is -2.27. The van der Waals surface area contributed by atoms with Crippen LogP contribution >= 0.6 is 11.3 Å². The van der Waals surface area contributed by atoms with Crippen molar-refractivity contribution in [2.75, 3.05) is 5.75 Å². The third-order valence-corrected chi connectivity index (χ3v) is 8.81. The summed E-state index contributed by atoms with van der Waals surface area (Å²) in [5.41, 5.74) is -0.844. The molecule has 2 aromatic rings. The zero-order valence-corrected chi connectivity index (χ0v) is 19.7. The first-order valence-corrected chi connectivity index (χ1v) is 12.7. The van der Waals surface area contributed by atoms with E-state index in [2.05, 4.69) is 10.1 Å². The molecule has 4 rings (SSSR count). The van der Waals surface area contributed by atoms with Gasteiger partial charge in [-0.05, 0) is 36.3 Å². The van der Waals surface area contributed by atoms with Crippen molar-refractivity contribution in [3.8, 4) is 0 Å². The molecule has 31 heavy (non-hydrogen) atoms. The number of carbonyl (C=O) groups excluding carboxylic acids is 2. The average Bonchev–Trinajstić information content (AvgIpc) is 3.29. The first-order valence-electron chi connectivity index (χ1n) is 10.3. The first kappa shape index (κ1) is 22.1. The number of aromatic nitrogens is 1. The van der Waals surface area contributed by atoms with Crippen LogP contribution < -0.4 is 0 Å². The molecule has 2 saturated carbocycles. The molecule has 1 heterocycles. The predicted molar refractivity (Wildman–Crippen MR) is 119 cm³/mol. The van der Waals surface area contributed by atoms with Crippen LogP contribution in [0, 0.1) is 22.7 Å². The van der Waals surface area contributed by atoms with Crippen LogP contribution in [0.25, 0.3) is 10.2 Å². The minimum atomic E-state index is -4.10. The largest absolute Gasteiger partial charge is 0.329 e. The van der Waals surface area contributed by atoms with Crippen LogP contribution in [0.2, 0.25) is 0 Å². The van der Waals surface area contributed by atoms with Gasteiger partial charge in [0.25, 0.3) is 0 Å². The molecule has 0 radical (unpaired) electrons. The van der Waals surface area contributed by atoms with Crippen LogP contribution in [-0.2, 0) is 24.0 Å².